The van der Waals surface area contributed by atoms with Gasteiger partial charge in [0.05, 0.1) is 22.5 Å². The van der Waals surface area contributed by atoms with Crippen LogP contribution in [-0.2, 0) is 4.79 Å². The summed E-state index contributed by atoms with van der Waals surface area (Å²) in [7, 11) is 0. The summed E-state index contributed by atoms with van der Waals surface area (Å²) in [5.41, 5.74) is 3.42. The highest BCUT2D eigenvalue weighted by atomic mass is 32.1. The van der Waals surface area contributed by atoms with Gasteiger partial charge in [0.2, 0.25) is 0 Å². The standard InChI is InChI=1S/C28H26N4O3S/c1-17-7-8-20(21(13-17)32(34)35)31-22-14-28(3,4)15-23(33)25(22)24(26-18(2)9-12-36-26)19(16-29)27(31)30-10-5-6-11-30/h5-13,24H,14-15H2,1-4H3/t24-/m1/s1. The maximum absolute atomic E-state index is 13.8. The molecule has 0 fully saturated rings. The Labute approximate surface area is 213 Å². The number of hydrogen-bond donors (Lipinski definition) is 0. The zero-order chi connectivity index (χ0) is 25.8. The number of rotatable bonds is 4. The van der Waals surface area contributed by atoms with Crippen LogP contribution in [0, 0.1) is 40.7 Å². The molecule has 0 spiro atoms. The number of nitro groups is 1. The van der Waals surface area contributed by atoms with Crippen LogP contribution in [0.4, 0.5) is 11.4 Å². The minimum atomic E-state index is -0.522. The normalized spacial score (nSPS) is 19.4. The molecule has 0 saturated heterocycles. The van der Waals surface area contributed by atoms with Gasteiger partial charge in [-0.2, -0.15) is 5.26 Å². The van der Waals surface area contributed by atoms with Crippen molar-refractivity contribution in [3.05, 3.63) is 97.1 Å². The fourth-order valence-corrected chi connectivity index (χ4v) is 6.41. The maximum atomic E-state index is 13.8. The summed E-state index contributed by atoms with van der Waals surface area (Å²) >= 11 is 1.53. The summed E-state index contributed by atoms with van der Waals surface area (Å²) in [6.45, 7) is 7.89. The number of aromatic nitrogens is 1. The number of thiophene rings is 1. The minimum Gasteiger partial charge on any atom is -0.309 e. The van der Waals surface area contributed by atoms with Crippen molar-refractivity contribution >= 4 is 34.3 Å². The van der Waals surface area contributed by atoms with E-state index >= 15 is 0 Å². The molecule has 0 unspecified atom stereocenters. The van der Waals surface area contributed by atoms with Gasteiger partial charge in [0, 0.05) is 41.0 Å². The molecule has 0 radical (unpaired) electrons. The fraction of sp³-hybridized carbons (Fsp3) is 0.286. The van der Waals surface area contributed by atoms with Crippen molar-refractivity contribution in [3.63, 3.8) is 0 Å². The predicted molar refractivity (Wildman–Crippen MR) is 140 cm³/mol. The number of aryl methyl sites for hydroxylation is 2. The van der Waals surface area contributed by atoms with Crippen LogP contribution < -0.4 is 4.90 Å². The highest BCUT2D eigenvalue weighted by Gasteiger charge is 2.47. The van der Waals surface area contributed by atoms with E-state index in [2.05, 4.69) is 6.07 Å². The molecule has 2 aliphatic rings. The molecule has 0 saturated carbocycles. The van der Waals surface area contributed by atoms with Gasteiger partial charge in [0.1, 0.15) is 11.5 Å². The molecule has 3 heterocycles. The van der Waals surface area contributed by atoms with Gasteiger partial charge in [0.15, 0.2) is 5.78 Å². The van der Waals surface area contributed by atoms with Gasteiger partial charge in [-0.3, -0.25) is 19.8 Å². The molecule has 182 valence electrons. The number of allylic oxidation sites excluding steroid dienone is 3. The number of nitriles is 1. The van der Waals surface area contributed by atoms with E-state index in [0.717, 1.165) is 21.7 Å². The van der Waals surface area contributed by atoms with E-state index in [0.29, 0.717) is 35.5 Å². The molecule has 8 heteroatoms. The molecule has 0 N–H and O–H groups in total. The third-order valence-corrected chi connectivity index (χ3v) is 7.98. The van der Waals surface area contributed by atoms with E-state index < -0.39 is 10.8 Å². The van der Waals surface area contributed by atoms with Crippen LogP contribution in [0.2, 0.25) is 0 Å². The lowest BCUT2D eigenvalue weighted by Gasteiger charge is -2.44. The number of ketones is 1. The van der Waals surface area contributed by atoms with Crippen LogP contribution in [0.15, 0.2) is 71.0 Å². The third kappa shape index (κ3) is 3.76. The molecule has 1 aliphatic heterocycles. The lowest BCUT2D eigenvalue weighted by atomic mass is 9.69. The molecule has 0 bridgehead atoms. The molecule has 1 aromatic carbocycles. The Bertz CT molecular complexity index is 1500. The van der Waals surface area contributed by atoms with Crippen LogP contribution >= 0.6 is 11.3 Å². The summed E-state index contributed by atoms with van der Waals surface area (Å²) in [6, 6.07) is 13.2. The number of hydrogen-bond acceptors (Lipinski definition) is 6. The summed E-state index contributed by atoms with van der Waals surface area (Å²) in [6.07, 6.45) is 4.57. The molecule has 3 aromatic rings. The molecular weight excluding hydrogens is 472 g/mol. The molecule has 1 atom stereocenters. The summed E-state index contributed by atoms with van der Waals surface area (Å²) in [4.78, 5) is 28.4. The first-order valence-corrected chi connectivity index (χ1v) is 12.6. The number of nitro benzene ring substituents is 1. The van der Waals surface area contributed by atoms with Gasteiger partial charge in [-0.15, -0.1) is 11.3 Å². The van der Waals surface area contributed by atoms with Crippen LogP contribution in [-0.4, -0.2) is 15.3 Å². The zero-order valence-corrected chi connectivity index (χ0v) is 21.4. The Morgan fingerprint density at radius 3 is 2.50 bits per heavy atom. The molecule has 1 aliphatic carbocycles. The van der Waals surface area contributed by atoms with Gasteiger partial charge < -0.3 is 4.57 Å². The van der Waals surface area contributed by atoms with Gasteiger partial charge >= 0.3 is 0 Å². The van der Waals surface area contributed by atoms with E-state index in [1.165, 1.54) is 11.3 Å². The van der Waals surface area contributed by atoms with E-state index in [9.17, 15) is 20.2 Å². The third-order valence-electron chi connectivity index (χ3n) is 6.90. The highest BCUT2D eigenvalue weighted by molar-refractivity contribution is 7.10. The molecule has 2 aromatic heterocycles. The van der Waals surface area contributed by atoms with Crippen LogP contribution in [0.1, 0.15) is 48.6 Å². The van der Waals surface area contributed by atoms with Crippen molar-refractivity contribution in [3.8, 4) is 6.07 Å². The minimum absolute atomic E-state index is 0.0156. The molecule has 0 amide bonds. The van der Waals surface area contributed by atoms with Crippen molar-refractivity contribution in [2.75, 3.05) is 4.90 Å². The van der Waals surface area contributed by atoms with E-state index in [1.807, 2.05) is 74.3 Å². The van der Waals surface area contributed by atoms with E-state index in [-0.39, 0.29) is 16.9 Å². The summed E-state index contributed by atoms with van der Waals surface area (Å²) < 4.78 is 1.83. The molecule has 7 nitrogen and oxygen atoms in total. The van der Waals surface area contributed by atoms with E-state index in [1.54, 1.807) is 17.0 Å². The van der Waals surface area contributed by atoms with Crippen LogP contribution in [0.25, 0.3) is 5.82 Å². The second-order valence-corrected chi connectivity index (χ2v) is 11.2. The lowest BCUT2D eigenvalue weighted by molar-refractivity contribution is -0.384. The predicted octanol–water partition coefficient (Wildman–Crippen LogP) is 6.71. The number of Topliss-reactive ketones (excluding diaryl/α,β-unsaturated/α-hetero) is 1. The topological polar surface area (TPSA) is 92.2 Å². The van der Waals surface area contributed by atoms with Crippen molar-refractivity contribution in [2.45, 2.75) is 46.5 Å². The van der Waals surface area contributed by atoms with Gasteiger partial charge in [0.25, 0.3) is 5.69 Å². The number of anilines is 1. The Morgan fingerprint density at radius 2 is 1.89 bits per heavy atom. The Morgan fingerprint density at radius 1 is 1.17 bits per heavy atom. The average Bonchev–Trinajstić information content (AvgIpc) is 3.49. The van der Waals surface area contributed by atoms with Gasteiger partial charge in [-0.25, -0.2) is 0 Å². The van der Waals surface area contributed by atoms with Crippen molar-refractivity contribution in [1.82, 2.24) is 4.57 Å². The second-order valence-electron chi connectivity index (χ2n) is 10.2. The molecule has 36 heavy (non-hydrogen) atoms. The highest BCUT2D eigenvalue weighted by Crippen LogP contribution is 2.54. The number of carbonyl (C=O) groups excluding carboxylic acids is 1. The van der Waals surface area contributed by atoms with Crippen LogP contribution in [0.3, 0.4) is 0 Å². The first-order valence-electron chi connectivity index (χ1n) is 11.8. The Hall–Kier alpha value is -3.96. The SMILES string of the molecule is Cc1ccc(N2C3=C(C(=O)CC(C)(C)C3)[C@H](c3sccc3C)C(C#N)=C2n2cccc2)c([N+](=O)[O-])c1. The Kier molecular flexibility index (Phi) is 5.68. The molecule has 5 rings (SSSR count). The van der Waals surface area contributed by atoms with Crippen LogP contribution in [0.5, 0.6) is 0 Å². The average molecular weight is 499 g/mol. The van der Waals surface area contributed by atoms with E-state index in [4.69, 9.17) is 0 Å². The molecular formula is C28H26N4O3S. The van der Waals surface area contributed by atoms with Gasteiger partial charge in [-0.05, 0) is 66.5 Å². The smallest absolute Gasteiger partial charge is 0.293 e. The monoisotopic (exact) mass is 498 g/mol. The number of nitrogens with zero attached hydrogens (tertiary/aromatic N) is 4. The number of carbonyl (C=O) groups is 1. The quantitative estimate of drug-likeness (QED) is 0.294. The summed E-state index contributed by atoms with van der Waals surface area (Å²) in [5, 5.41) is 24.8. The van der Waals surface area contributed by atoms with Crippen molar-refractivity contribution in [1.29, 1.82) is 5.26 Å². The summed E-state index contributed by atoms with van der Waals surface area (Å²) in [5.74, 6) is -0.0126. The number of benzene rings is 1. The second kappa shape index (κ2) is 8.61. The van der Waals surface area contributed by atoms with Crippen molar-refractivity contribution in [2.24, 2.45) is 5.41 Å². The first kappa shape index (κ1) is 23.8. The largest absolute Gasteiger partial charge is 0.309 e. The van der Waals surface area contributed by atoms with Gasteiger partial charge in [-0.1, -0.05) is 19.9 Å². The first-order chi connectivity index (χ1) is 17.1. The Balaban J connectivity index is 1.92. The van der Waals surface area contributed by atoms with Crippen molar-refractivity contribution < 1.29 is 9.72 Å². The lowest BCUT2D eigenvalue weighted by Crippen LogP contribution is -2.40. The maximum Gasteiger partial charge on any atom is 0.293 e. The fourth-order valence-electron chi connectivity index (χ4n) is 5.37. The zero-order valence-electron chi connectivity index (χ0n) is 20.6.